The van der Waals surface area contributed by atoms with Crippen LogP contribution in [0.5, 0.6) is 0 Å². The minimum Gasteiger partial charge on any atom is -0.481 e. The smallest absolute Gasteiger partial charge is 0.307 e. The number of hydrogen-bond donors (Lipinski definition) is 3. The zero-order chi connectivity index (χ0) is 7.98. The number of rotatable bonds is 5. The number of nitrogens with two attached hydrogens (primary N) is 1. The molecule has 10 heavy (non-hydrogen) atoms. The summed E-state index contributed by atoms with van der Waals surface area (Å²) in [5, 5.41) is 16.8. The van der Waals surface area contributed by atoms with Gasteiger partial charge in [-0.05, 0) is 12.8 Å². The fourth-order valence-corrected chi connectivity index (χ4v) is 0.680. The summed E-state index contributed by atoms with van der Waals surface area (Å²) in [7, 11) is 0. The number of aliphatic carboxylic acids is 1. The van der Waals surface area contributed by atoms with Gasteiger partial charge in [0.15, 0.2) is 0 Å². The van der Waals surface area contributed by atoms with Crippen LogP contribution in [-0.4, -0.2) is 29.3 Å². The van der Waals surface area contributed by atoms with E-state index >= 15 is 0 Å². The Morgan fingerprint density at radius 3 is 2.50 bits per heavy atom. The van der Waals surface area contributed by atoms with Crippen LogP contribution in [0.2, 0.25) is 0 Å². The fraction of sp³-hybridized carbons (Fsp3) is 0.833. The summed E-state index contributed by atoms with van der Waals surface area (Å²) in [4.78, 5) is 10.3. The van der Waals surface area contributed by atoms with Crippen LogP contribution in [0.1, 0.15) is 12.8 Å². The largest absolute Gasteiger partial charge is 0.481 e. The maximum atomic E-state index is 10.3. The molecule has 0 radical (unpaired) electrons. The van der Waals surface area contributed by atoms with E-state index in [1.54, 1.807) is 0 Å². The highest BCUT2D eigenvalue weighted by Crippen LogP contribution is 2.03. The number of carboxylic acid groups (broad SMARTS) is 1. The topological polar surface area (TPSA) is 83.5 Å². The first-order valence-electron chi connectivity index (χ1n) is 3.26. The molecule has 0 fully saturated rings. The van der Waals surface area contributed by atoms with Crippen LogP contribution in [0.15, 0.2) is 0 Å². The van der Waals surface area contributed by atoms with E-state index in [9.17, 15) is 4.79 Å². The van der Waals surface area contributed by atoms with E-state index in [0.717, 1.165) is 0 Å². The van der Waals surface area contributed by atoms with Crippen molar-refractivity contribution in [1.29, 1.82) is 0 Å². The minimum absolute atomic E-state index is 0.0315. The van der Waals surface area contributed by atoms with Crippen molar-refractivity contribution in [3.63, 3.8) is 0 Å². The molecule has 0 saturated heterocycles. The molecule has 0 aliphatic heterocycles. The second-order valence-electron chi connectivity index (χ2n) is 2.14. The molecule has 0 spiro atoms. The van der Waals surface area contributed by atoms with Crippen molar-refractivity contribution in [2.75, 3.05) is 13.2 Å². The van der Waals surface area contributed by atoms with Crippen LogP contribution in [0.4, 0.5) is 0 Å². The van der Waals surface area contributed by atoms with E-state index in [1.807, 2.05) is 0 Å². The molecule has 4 heteroatoms. The lowest BCUT2D eigenvalue weighted by Crippen LogP contribution is -2.23. The van der Waals surface area contributed by atoms with E-state index in [2.05, 4.69) is 0 Å². The highest BCUT2D eigenvalue weighted by Gasteiger charge is 2.13. The van der Waals surface area contributed by atoms with Gasteiger partial charge in [-0.25, -0.2) is 0 Å². The number of hydrogen-bond acceptors (Lipinski definition) is 3. The van der Waals surface area contributed by atoms with Crippen LogP contribution in [0.25, 0.3) is 0 Å². The molecule has 0 amide bonds. The average Bonchev–Trinajstić information content (AvgIpc) is 1.89. The van der Waals surface area contributed by atoms with Crippen LogP contribution in [0, 0.1) is 5.92 Å². The van der Waals surface area contributed by atoms with E-state index in [0.29, 0.717) is 12.8 Å². The summed E-state index contributed by atoms with van der Waals surface area (Å²) in [6.07, 6.45) is 0.969. The Morgan fingerprint density at radius 1 is 1.60 bits per heavy atom. The van der Waals surface area contributed by atoms with Crippen molar-refractivity contribution in [2.24, 2.45) is 11.7 Å². The van der Waals surface area contributed by atoms with E-state index in [1.165, 1.54) is 0 Å². The van der Waals surface area contributed by atoms with Crippen molar-refractivity contribution in [2.45, 2.75) is 12.8 Å². The third kappa shape index (κ3) is 3.42. The molecule has 60 valence electrons. The third-order valence-electron chi connectivity index (χ3n) is 1.34. The van der Waals surface area contributed by atoms with Gasteiger partial charge in [-0.2, -0.15) is 0 Å². The molecule has 0 aromatic rings. The van der Waals surface area contributed by atoms with Gasteiger partial charge in [-0.15, -0.1) is 0 Å². The zero-order valence-electron chi connectivity index (χ0n) is 5.79. The molecule has 4 nitrogen and oxygen atoms in total. The Kier molecular flexibility index (Phi) is 4.88. The SMILES string of the molecule is NCC(CCCO)C(=O)O. The predicted octanol–water partition coefficient (Wildman–Crippen LogP) is -0.582. The Hall–Kier alpha value is -0.610. The van der Waals surface area contributed by atoms with Gasteiger partial charge >= 0.3 is 5.97 Å². The van der Waals surface area contributed by atoms with Crippen LogP contribution in [-0.2, 0) is 4.79 Å². The van der Waals surface area contributed by atoms with Crippen molar-refractivity contribution in [3.8, 4) is 0 Å². The standard InChI is InChI=1S/C6H13NO3/c7-4-5(6(9)10)2-1-3-8/h5,8H,1-4,7H2,(H,9,10). The highest BCUT2D eigenvalue weighted by molar-refractivity contribution is 5.70. The van der Waals surface area contributed by atoms with Crippen molar-refractivity contribution in [3.05, 3.63) is 0 Å². The van der Waals surface area contributed by atoms with Crippen molar-refractivity contribution < 1.29 is 15.0 Å². The average molecular weight is 147 g/mol. The molecule has 0 aliphatic rings. The maximum Gasteiger partial charge on any atom is 0.307 e. The molecule has 0 aromatic heterocycles. The molecule has 0 saturated carbocycles. The van der Waals surface area contributed by atoms with Gasteiger partial charge in [0, 0.05) is 13.2 Å². The lowest BCUT2D eigenvalue weighted by atomic mass is 10.0. The summed E-state index contributed by atoms with van der Waals surface area (Å²) in [6, 6.07) is 0. The first-order valence-corrected chi connectivity index (χ1v) is 3.26. The second kappa shape index (κ2) is 5.20. The molecule has 1 unspecified atom stereocenters. The van der Waals surface area contributed by atoms with Gasteiger partial charge in [0.2, 0.25) is 0 Å². The second-order valence-corrected chi connectivity index (χ2v) is 2.14. The van der Waals surface area contributed by atoms with Gasteiger partial charge in [0.05, 0.1) is 5.92 Å². The van der Waals surface area contributed by atoms with E-state index < -0.39 is 11.9 Å². The Labute approximate surface area is 59.7 Å². The first-order chi connectivity index (χ1) is 4.72. The zero-order valence-corrected chi connectivity index (χ0v) is 5.79. The maximum absolute atomic E-state index is 10.3. The van der Waals surface area contributed by atoms with Gasteiger partial charge in [-0.1, -0.05) is 0 Å². The first kappa shape index (κ1) is 9.39. The molecule has 0 aromatic carbocycles. The molecular formula is C6H13NO3. The van der Waals surface area contributed by atoms with Gasteiger partial charge in [-0.3, -0.25) is 4.79 Å². The summed E-state index contributed by atoms with van der Waals surface area (Å²) >= 11 is 0. The predicted molar refractivity (Wildman–Crippen MR) is 36.5 cm³/mol. The molecule has 0 heterocycles. The normalized spacial score (nSPS) is 13.0. The Morgan fingerprint density at radius 2 is 2.20 bits per heavy atom. The monoisotopic (exact) mass is 147 g/mol. The Balaban J connectivity index is 3.50. The number of carboxylic acids is 1. The molecule has 1 atom stereocenters. The molecule has 0 rings (SSSR count). The summed E-state index contributed by atoms with van der Waals surface area (Å²) in [5.74, 6) is -1.37. The summed E-state index contributed by atoms with van der Waals surface area (Å²) in [6.45, 7) is 0.180. The Bertz CT molecular complexity index is 105. The molecule has 4 N–H and O–H groups in total. The summed E-state index contributed by atoms with van der Waals surface area (Å²) < 4.78 is 0. The number of aliphatic hydroxyl groups excluding tert-OH is 1. The van der Waals surface area contributed by atoms with E-state index in [4.69, 9.17) is 15.9 Å². The minimum atomic E-state index is -0.879. The lowest BCUT2D eigenvalue weighted by Gasteiger charge is -2.06. The molecule has 0 aliphatic carbocycles. The molecule has 0 bridgehead atoms. The number of carbonyl (C=O) groups is 1. The van der Waals surface area contributed by atoms with Gasteiger partial charge < -0.3 is 15.9 Å². The fourth-order valence-electron chi connectivity index (χ4n) is 0.680. The van der Waals surface area contributed by atoms with Crippen LogP contribution >= 0.6 is 0 Å². The third-order valence-corrected chi connectivity index (χ3v) is 1.34. The van der Waals surface area contributed by atoms with E-state index in [-0.39, 0.29) is 13.2 Å². The van der Waals surface area contributed by atoms with Gasteiger partial charge in [0.1, 0.15) is 0 Å². The molecular weight excluding hydrogens is 134 g/mol. The van der Waals surface area contributed by atoms with Gasteiger partial charge in [0.25, 0.3) is 0 Å². The van der Waals surface area contributed by atoms with Crippen LogP contribution in [0.3, 0.4) is 0 Å². The highest BCUT2D eigenvalue weighted by atomic mass is 16.4. The van der Waals surface area contributed by atoms with Crippen LogP contribution < -0.4 is 5.73 Å². The lowest BCUT2D eigenvalue weighted by molar-refractivity contribution is -0.141. The quantitative estimate of drug-likeness (QED) is 0.485. The van der Waals surface area contributed by atoms with Crippen molar-refractivity contribution >= 4 is 5.97 Å². The van der Waals surface area contributed by atoms with Crippen molar-refractivity contribution in [1.82, 2.24) is 0 Å². The summed E-state index contributed by atoms with van der Waals surface area (Å²) in [5.41, 5.74) is 5.15. The number of aliphatic hydroxyl groups is 1.